The summed E-state index contributed by atoms with van der Waals surface area (Å²) in [6.07, 6.45) is 5.44. The first kappa shape index (κ1) is 17.2. The maximum Gasteiger partial charge on any atom is 0.307 e. The number of nitrogens with one attached hydrogen (secondary N) is 1. The lowest BCUT2D eigenvalue weighted by Gasteiger charge is -2.24. The van der Waals surface area contributed by atoms with E-state index in [-0.39, 0.29) is 11.7 Å². The van der Waals surface area contributed by atoms with Gasteiger partial charge < -0.3 is 10.4 Å². The van der Waals surface area contributed by atoms with Gasteiger partial charge in [0.1, 0.15) is 0 Å². The van der Waals surface area contributed by atoms with Crippen LogP contribution < -0.4 is 5.32 Å². The smallest absolute Gasteiger partial charge is 0.307 e. The molecule has 0 saturated carbocycles. The highest BCUT2D eigenvalue weighted by Gasteiger charge is 2.33. The number of hydrogen-bond donors (Lipinski definition) is 2. The van der Waals surface area contributed by atoms with Crippen molar-refractivity contribution in [1.82, 2.24) is 0 Å². The van der Waals surface area contributed by atoms with Crippen molar-refractivity contribution in [3.05, 3.63) is 42.0 Å². The molecule has 2 N–H and O–H groups in total. The summed E-state index contributed by atoms with van der Waals surface area (Å²) in [7, 11) is -3.16. The van der Waals surface area contributed by atoms with Gasteiger partial charge in [-0.3, -0.25) is 9.59 Å². The van der Waals surface area contributed by atoms with E-state index in [9.17, 15) is 23.1 Å². The van der Waals surface area contributed by atoms with E-state index >= 15 is 0 Å². The number of carbonyl (C=O) groups is 2. The van der Waals surface area contributed by atoms with E-state index in [1.807, 2.05) is 6.08 Å². The lowest BCUT2D eigenvalue weighted by molar-refractivity contribution is -0.146. The highest BCUT2D eigenvalue weighted by Crippen LogP contribution is 2.27. The lowest BCUT2D eigenvalue weighted by Crippen LogP contribution is -2.34. The molecule has 0 heterocycles. The standard InChI is InChI=1S/C16H19NO5S/c1-23(21,22)10-11-5-4-6-12(9-11)17-15(18)13-7-2-3-8-14(13)16(19)20/h2-6,9,13-14H,7-8,10H2,1H3,(H,17,18)(H,19,20)/t13-,14-/m1/s1. The topological polar surface area (TPSA) is 101 Å². The normalized spacial score (nSPS) is 20.9. The fourth-order valence-electron chi connectivity index (χ4n) is 2.65. The number of carboxylic acid groups (broad SMARTS) is 1. The average molecular weight is 337 g/mol. The summed E-state index contributed by atoms with van der Waals surface area (Å²) in [5.74, 6) is -2.82. The van der Waals surface area contributed by atoms with Gasteiger partial charge in [-0.2, -0.15) is 0 Å². The number of allylic oxidation sites excluding steroid dienone is 2. The zero-order chi connectivity index (χ0) is 17.0. The van der Waals surface area contributed by atoms with Gasteiger partial charge in [0.05, 0.1) is 17.6 Å². The summed E-state index contributed by atoms with van der Waals surface area (Å²) >= 11 is 0. The fraction of sp³-hybridized carbons (Fsp3) is 0.375. The van der Waals surface area contributed by atoms with Crippen molar-refractivity contribution in [1.29, 1.82) is 0 Å². The van der Waals surface area contributed by atoms with E-state index < -0.39 is 27.6 Å². The van der Waals surface area contributed by atoms with Crippen LogP contribution in [0.1, 0.15) is 18.4 Å². The van der Waals surface area contributed by atoms with E-state index in [4.69, 9.17) is 0 Å². The number of aliphatic carboxylic acids is 1. The molecule has 1 amide bonds. The predicted molar refractivity (Wildman–Crippen MR) is 86.6 cm³/mol. The van der Waals surface area contributed by atoms with Crippen LogP contribution in [0.4, 0.5) is 5.69 Å². The third-order valence-corrected chi connectivity index (χ3v) is 4.57. The molecule has 1 aromatic rings. The zero-order valence-electron chi connectivity index (χ0n) is 12.7. The summed E-state index contributed by atoms with van der Waals surface area (Å²) in [6.45, 7) is 0. The molecule has 0 spiro atoms. The van der Waals surface area contributed by atoms with E-state index in [1.165, 1.54) is 0 Å². The Bertz CT molecular complexity index is 739. The minimum Gasteiger partial charge on any atom is -0.481 e. The third kappa shape index (κ3) is 4.92. The molecule has 1 aliphatic carbocycles. The highest BCUT2D eigenvalue weighted by molar-refractivity contribution is 7.89. The average Bonchev–Trinajstić information content (AvgIpc) is 2.45. The van der Waals surface area contributed by atoms with Crippen molar-refractivity contribution in [2.75, 3.05) is 11.6 Å². The Morgan fingerprint density at radius 3 is 2.48 bits per heavy atom. The van der Waals surface area contributed by atoms with E-state index in [2.05, 4.69) is 5.32 Å². The van der Waals surface area contributed by atoms with Gasteiger partial charge in [0, 0.05) is 11.9 Å². The van der Waals surface area contributed by atoms with Gasteiger partial charge >= 0.3 is 5.97 Å². The molecule has 1 aliphatic rings. The minimum absolute atomic E-state index is 0.110. The summed E-state index contributed by atoms with van der Waals surface area (Å²) in [5.41, 5.74) is 1.04. The van der Waals surface area contributed by atoms with E-state index in [0.717, 1.165) is 6.26 Å². The second-order valence-electron chi connectivity index (χ2n) is 5.75. The molecule has 0 fully saturated rings. The number of benzene rings is 1. The fourth-order valence-corrected chi connectivity index (χ4v) is 3.44. The predicted octanol–water partition coefficient (Wildman–Crippen LogP) is 1.84. The molecule has 23 heavy (non-hydrogen) atoms. The molecule has 6 nitrogen and oxygen atoms in total. The Labute approximate surface area is 135 Å². The lowest BCUT2D eigenvalue weighted by atomic mass is 9.82. The molecule has 2 rings (SSSR count). The van der Waals surface area contributed by atoms with Gasteiger partial charge in [0.15, 0.2) is 9.84 Å². The maximum atomic E-state index is 12.4. The van der Waals surface area contributed by atoms with E-state index in [1.54, 1.807) is 30.3 Å². The van der Waals surface area contributed by atoms with Crippen LogP contribution in [0.15, 0.2) is 36.4 Å². The number of hydrogen-bond acceptors (Lipinski definition) is 4. The summed E-state index contributed by atoms with van der Waals surface area (Å²) in [5, 5.41) is 11.9. The van der Waals surface area contributed by atoms with Crippen LogP contribution in [0.25, 0.3) is 0 Å². The van der Waals surface area contributed by atoms with Crippen LogP contribution in [0, 0.1) is 11.8 Å². The Morgan fingerprint density at radius 2 is 1.87 bits per heavy atom. The third-order valence-electron chi connectivity index (χ3n) is 3.71. The minimum atomic E-state index is -3.16. The molecular formula is C16H19NO5S. The van der Waals surface area contributed by atoms with Crippen molar-refractivity contribution in [3.63, 3.8) is 0 Å². The number of rotatable bonds is 5. The van der Waals surface area contributed by atoms with Gasteiger partial charge in [-0.15, -0.1) is 0 Å². The van der Waals surface area contributed by atoms with Crippen LogP contribution in [0.2, 0.25) is 0 Å². The Morgan fingerprint density at radius 1 is 1.22 bits per heavy atom. The molecule has 2 atom stereocenters. The summed E-state index contributed by atoms with van der Waals surface area (Å²) in [4.78, 5) is 23.6. The Balaban J connectivity index is 2.12. The first-order valence-corrected chi connectivity index (χ1v) is 9.27. The van der Waals surface area contributed by atoms with Gasteiger partial charge in [0.25, 0.3) is 0 Å². The van der Waals surface area contributed by atoms with Crippen molar-refractivity contribution >= 4 is 27.4 Å². The molecule has 124 valence electrons. The van der Waals surface area contributed by atoms with Crippen molar-refractivity contribution in [2.45, 2.75) is 18.6 Å². The quantitative estimate of drug-likeness (QED) is 0.799. The van der Waals surface area contributed by atoms with Gasteiger partial charge in [-0.25, -0.2) is 8.42 Å². The summed E-state index contributed by atoms with van der Waals surface area (Å²) in [6, 6.07) is 6.57. The molecule has 0 aliphatic heterocycles. The van der Waals surface area contributed by atoms with Gasteiger partial charge in [-0.05, 0) is 30.5 Å². The van der Waals surface area contributed by atoms with Gasteiger partial charge in [-0.1, -0.05) is 24.3 Å². The number of carbonyl (C=O) groups excluding carboxylic acids is 1. The van der Waals surface area contributed by atoms with Crippen LogP contribution in [0.3, 0.4) is 0 Å². The maximum absolute atomic E-state index is 12.4. The molecule has 0 aromatic heterocycles. The molecule has 7 heteroatoms. The van der Waals surface area contributed by atoms with Gasteiger partial charge in [0.2, 0.25) is 5.91 Å². The van der Waals surface area contributed by atoms with Crippen LogP contribution >= 0.6 is 0 Å². The molecular weight excluding hydrogens is 318 g/mol. The monoisotopic (exact) mass is 337 g/mol. The summed E-state index contributed by atoms with van der Waals surface area (Å²) < 4.78 is 22.7. The Hall–Kier alpha value is -2.15. The number of anilines is 1. The SMILES string of the molecule is CS(=O)(=O)Cc1cccc(NC(=O)[C@@H]2CC=CC[C@H]2C(=O)O)c1. The van der Waals surface area contributed by atoms with Crippen molar-refractivity contribution in [2.24, 2.45) is 11.8 Å². The first-order chi connectivity index (χ1) is 10.8. The molecule has 0 unspecified atom stereocenters. The van der Waals surface area contributed by atoms with Crippen molar-refractivity contribution in [3.8, 4) is 0 Å². The highest BCUT2D eigenvalue weighted by atomic mass is 32.2. The molecule has 0 radical (unpaired) electrons. The van der Waals surface area contributed by atoms with Crippen LogP contribution in [0.5, 0.6) is 0 Å². The number of amides is 1. The molecule has 0 saturated heterocycles. The second-order valence-corrected chi connectivity index (χ2v) is 7.89. The second kappa shape index (κ2) is 6.95. The number of carboxylic acids is 1. The first-order valence-electron chi connectivity index (χ1n) is 7.21. The zero-order valence-corrected chi connectivity index (χ0v) is 13.5. The largest absolute Gasteiger partial charge is 0.481 e. The van der Waals surface area contributed by atoms with E-state index in [0.29, 0.717) is 24.1 Å². The van der Waals surface area contributed by atoms with Crippen LogP contribution in [-0.4, -0.2) is 31.7 Å². The van der Waals surface area contributed by atoms with Crippen molar-refractivity contribution < 1.29 is 23.1 Å². The molecule has 0 bridgehead atoms. The van der Waals surface area contributed by atoms with Crippen LogP contribution in [-0.2, 0) is 25.2 Å². The molecule has 1 aromatic carbocycles. The number of sulfone groups is 1. The Kier molecular flexibility index (Phi) is 5.20.